The molecular formula is C18H21FN4O3. The molecule has 1 aromatic carbocycles. The van der Waals surface area contributed by atoms with Crippen molar-refractivity contribution in [2.75, 3.05) is 46.0 Å². The number of carbonyl (C=O) groups excluding carboxylic acids is 1. The number of hydrogen-bond donors (Lipinski definition) is 2. The van der Waals surface area contributed by atoms with Crippen LogP contribution in [0.3, 0.4) is 0 Å². The number of rotatable bonds is 2. The zero-order valence-corrected chi connectivity index (χ0v) is 14.3. The largest absolute Gasteiger partial charge is 0.377 e. The molecule has 2 fully saturated rings. The van der Waals surface area contributed by atoms with Crippen molar-refractivity contribution >= 4 is 5.91 Å². The van der Waals surface area contributed by atoms with Gasteiger partial charge in [0.05, 0.1) is 32.1 Å². The van der Waals surface area contributed by atoms with E-state index in [2.05, 4.69) is 15.5 Å². The summed E-state index contributed by atoms with van der Waals surface area (Å²) in [6.07, 6.45) is 0. The highest BCUT2D eigenvalue weighted by Gasteiger charge is 2.40. The molecule has 2 aliphatic heterocycles. The van der Waals surface area contributed by atoms with Gasteiger partial charge in [0.2, 0.25) is 0 Å². The minimum Gasteiger partial charge on any atom is -0.377 e. The van der Waals surface area contributed by atoms with Crippen LogP contribution in [0.1, 0.15) is 10.5 Å². The number of halogens is 1. The van der Waals surface area contributed by atoms with E-state index in [1.807, 2.05) is 0 Å². The molecule has 0 radical (unpaired) electrons. The Morgan fingerprint density at radius 2 is 2.19 bits per heavy atom. The molecule has 2 aromatic rings. The second-order valence-corrected chi connectivity index (χ2v) is 6.63. The van der Waals surface area contributed by atoms with Gasteiger partial charge < -0.3 is 19.7 Å². The van der Waals surface area contributed by atoms with Crippen LogP contribution in [0, 0.1) is 5.82 Å². The van der Waals surface area contributed by atoms with Gasteiger partial charge in [-0.1, -0.05) is 12.1 Å². The molecule has 8 heteroatoms. The molecule has 1 spiro atoms. The number of H-pyrrole nitrogens is 1. The van der Waals surface area contributed by atoms with E-state index in [0.717, 1.165) is 6.54 Å². The lowest BCUT2D eigenvalue weighted by Crippen LogP contribution is -2.59. The van der Waals surface area contributed by atoms with Crippen LogP contribution in [0.25, 0.3) is 11.3 Å². The fraction of sp³-hybridized carbons (Fsp3) is 0.444. The van der Waals surface area contributed by atoms with E-state index in [0.29, 0.717) is 56.4 Å². The number of amides is 1. The standard InChI is InChI=1S/C18H21FN4O3/c19-14-4-2-1-3-13(14)15-9-16(22-21-15)17(24)23-6-8-26-18(11-23)10-20-5-7-25-12-18/h1-4,9,20H,5-8,10-12H2,(H,21,22)/t18-/m1/s1. The Hall–Kier alpha value is -2.29. The van der Waals surface area contributed by atoms with Gasteiger partial charge in [0.1, 0.15) is 17.1 Å². The molecule has 26 heavy (non-hydrogen) atoms. The third-order valence-electron chi connectivity index (χ3n) is 4.73. The zero-order valence-electron chi connectivity index (χ0n) is 14.3. The maximum absolute atomic E-state index is 13.9. The SMILES string of the molecule is O=C(c1cc(-c2ccccc2F)n[nH]1)N1CCO[C@]2(CNCCOC2)C1. The lowest BCUT2D eigenvalue weighted by molar-refractivity contribution is -0.125. The summed E-state index contributed by atoms with van der Waals surface area (Å²) in [4.78, 5) is 14.6. The summed E-state index contributed by atoms with van der Waals surface area (Å²) in [5, 5.41) is 10.1. The Labute approximate surface area is 150 Å². The quantitative estimate of drug-likeness (QED) is 0.837. The first kappa shape index (κ1) is 17.1. The molecule has 2 saturated heterocycles. The number of morpholine rings is 1. The van der Waals surface area contributed by atoms with Crippen molar-refractivity contribution in [3.05, 3.63) is 41.8 Å². The molecule has 1 aromatic heterocycles. The van der Waals surface area contributed by atoms with Crippen molar-refractivity contribution < 1.29 is 18.7 Å². The van der Waals surface area contributed by atoms with Crippen molar-refractivity contribution in [1.29, 1.82) is 0 Å². The van der Waals surface area contributed by atoms with Crippen molar-refractivity contribution in [2.24, 2.45) is 0 Å². The van der Waals surface area contributed by atoms with Crippen LogP contribution in [-0.2, 0) is 9.47 Å². The van der Waals surface area contributed by atoms with Crippen molar-refractivity contribution in [3.63, 3.8) is 0 Å². The first-order valence-corrected chi connectivity index (χ1v) is 8.69. The molecule has 0 saturated carbocycles. The first-order chi connectivity index (χ1) is 12.7. The Morgan fingerprint density at radius 3 is 3.08 bits per heavy atom. The van der Waals surface area contributed by atoms with Crippen LogP contribution >= 0.6 is 0 Å². The van der Waals surface area contributed by atoms with Gasteiger partial charge >= 0.3 is 0 Å². The highest BCUT2D eigenvalue weighted by atomic mass is 19.1. The highest BCUT2D eigenvalue weighted by Crippen LogP contribution is 2.24. The Balaban J connectivity index is 1.52. The van der Waals surface area contributed by atoms with Crippen LogP contribution < -0.4 is 5.32 Å². The molecular weight excluding hydrogens is 339 g/mol. The van der Waals surface area contributed by atoms with Crippen LogP contribution in [0.2, 0.25) is 0 Å². The van der Waals surface area contributed by atoms with E-state index in [-0.39, 0.29) is 11.7 Å². The van der Waals surface area contributed by atoms with Crippen LogP contribution in [0.4, 0.5) is 4.39 Å². The van der Waals surface area contributed by atoms with E-state index in [9.17, 15) is 9.18 Å². The number of aromatic amines is 1. The third-order valence-corrected chi connectivity index (χ3v) is 4.73. The maximum Gasteiger partial charge on any atom is 0.272 e. The zero-order chi connectivity index (χ0) is 18.0. The fourth-order valence-electron chi connectivity index (χ4n) is 3.39. The Bertz CT molecular complexity index is 786. The molecule has 2 aliphatic rings. The number of nitrogens with zero attached hydrogens (tertiary/aromatic N) is 2. The first-order valence-electron chi connectivity index (χ1n) is 8.69. The highest BCUT2D eigenvalue weighted by molar-refractivity contribution is 5.93. The fourth-order valence-corrected chi connectivity index (χ4v) is 3.39. The lowest BCUT2D eigenvalue weighted by atomic mass is 10.0. The summed E-state index contributed by atoms with van der Waals surface area (Å²) < 4.78 is 25.5. The summed E-state index contributed by atoms with van der Waals surface area (Å²) in [6.45, 7) is 3.87. The predicted molar refractivity (Wildman–Crippen MR) is 92.3 cm³/mol. The smallest absolute Gasteiger partial charge is 0.272 e. The summed E-state index contributed by atoms with van der Waals surface area (Å²) in [6, 6.07) is 7.95. The average molecular weight is 360 g/mol. The molecule has 2 N–H and O–H groups in total. The average Bonchev–Trinajstić information content (AvgIpc) is 3.04. The normalized spacial score (nSPS) is 23.8. The molecule has 4 rings (SSSR count). The number of hydrogen-bond acceptors (Lipinski definition) is 5. The molecule has 7 nitrogen and oxygen atoms in total. The van der Waals surface area contributed by atoms with Gasteiger partial charge in [0.15, 0.2) is 0 Å². The molecule has 138 valence electrons. The van der Waals surface area contributed by atoms with Crippen LogP contribution in [0.5, 0.6) is 0 Å². The molecule has 1 atom stereocenters. The molecule has 1 amide bonds. The second-order valence-electron chi connectivity index (χ2n) is 6.63. The third kappa shape index (κ3) is 3.35. The number of nitrogens with one attached hydrogen (secondary N) is 2. The van der Waals surface area contributed by atoms with Gasteiger partial charge in [0.25, 0.3) is 5.91 Å². The minimum atomic E-state index is -0.529. The van der Waals surface area contributed by atoms with E-state index < -0.39 is 5.60 Å². The minimum absolute atomic E-state index is 0.174. The van der Waals surface area contributed by atoms with E-state index in [1.165, 1.54) is 6.07 Å². The van der Waals surface area contributed by atoms with E-state index in [1.54, 1.807) is 29.2 Å². The monoisotopic (exact) mass is 360 g/mol. The van der Waals surface area contributed by atoms with Crippen LogP contribution in [0.15, 0.2) is 30.3 Å². The second kappa shape index (κ2) is 7.14. The lowest BCUT2D eigenvalue weighted by Gasteiger charge is -2.41. The molecule has 0 unspecified atom stereocenters. The van der Waals surface area contributed by atoms with Gasteiger partial charge in [0, 0.05) is 25.2 Å². The summed E-state index contributed by atoms with van der Waals surface area (Å²) in [5.74, 6) is -0.544. The summed E-state index contributed by atoms with van der Waals surface area (Å²) in [5.41, 5.74) is 0.582. The molecule has 0 aliphatic carbocycles. The van der Waals surface area contributed by atoms with E-state index in [4.69, 9.17) is 9.47 Å². The summed E-state index contributed by atoms with van der Waals surface area (Å²) >= 11 is 0. The van der Waals surface area contributed by atoms with Crippen LogP contribution in [-0.4, -0.2) is 72.6 Å². The Kier molecular flexibility index (Phi) is 4.71. The number of aromatic nitrogens is 2. The number of ether oxygens (including phenoxy) is 2. The molecule has 0 bridgehead atoms. The van der Waals surface area contributed by atoms with E-state index >= 15 is 0 Å². The Morgan fingerprint density at radius 1 is 1.31 bits per heavy atom. The topological polar surface area (TPSA) is 79.5 Å². The number of carbonyl (C=O) groups is 1. The van der Waals surface area contributed by atoms with Gasteiger partial charge in [-0.3, -0.25) is 9.89 Å². The van der Waals surface area contributed by atoms with Gasteiger partial charge in [-0.25, -0.2) is 4.39 Å². The summed E-state index contributed by atoms with van der Waals surface area (Å²) in [7, 11) is 0. The van der Waals surface area contributed by atoms with Crippen molar-refractivity contribution in [1.82, 2.24) is 20.4 Å². The molecule has 3 heterocycles. The van der Waals surface area contributed by atoms with Gasteiger partial charge in [-0.2, -0.15) is 5.10 Å². The number of benzene rings is 1. The van der Waals surface area contributed by atoms with Crippen molar-refractivity contribution in [3.8, 4) is 11.3 Å². The van der Waals surface area contributed by atoms with Gasteiger partial charge in [-0.15, -0.1) is 0 Å². The van der Waals surface area contributed by atoms with Gasteiger partial charge in [-0.05, 0) is 18.2 Å². The van der Waals surface area contributed by atoms with Crippen molar-refractivity contribution in [2.45, 2.75) is 5.60 Å². The predicted octanol–water partition coefficient (Wildman–Crippen LogP) is 1.05. The maximum atomic E-state index is 13.9.